The van der Waals surface area contributed by atoms with Crippen molar-refractivity contribution in [2.45, 2.75) is 6.54 Å². The molecule has 7 nitrogen and oxygen atoms in total. The lowest BCUT2D eigenvalue weighted by molar-refractivity contribution is -0.704. The summed E-state index contributed by atoms with van der Waals surface area (Å²) < 4.78 is 3.10. The van der Waals surface area contributed by atoms with Crippen molar-refractivity contribution in [3.05, 3.63) is 83.5 Å². The van der Waals surface area contributed by atoms with Gasteiger partial charge < -0.3 is 10.4 Å². The van der Waals surface area contributed by atoms with Gasteiger partial charge in [-0.25, -0.2) is 14.5 Å². The lowest BCUT2D eigenvalue weighted by Crippen LogP contribution is -2.37. The molecule has 0 unspecified atom stereocenters. The largest absolute Gasteiger partial charge is 0.839 e. The summed E-state index contributed by atoms with van der Waals surface area (Å²) in [5.41, 5.74) is 1.41. The van der Waals surface area contributed by atoms with Gasteiger partial charge in [0.05, 0.1) is 6.20 Å². The molecule has 0 saturated carbocycles. The molecule has 134 valence electrons. The van der Waals surface area contributed by atoms with E-state index in [1.807, 2.05) is 6.07 Å². The molecule has 1 amide bonds. The summed E-state index contributed by atoms with van der Waals surface area (Å²) in [7, 11) is 0. The second kappa shape index (κ2) is 7.05. The number of amides is 1. The highest BCUT2D eigenvalue weighted by Crippen LogP contribution is 2.17. The Morgan fingerprint density at radius 1 is 1.15 bits per heavy atom. The average molecular weight is 380 g/mol. The summed E-state index contributed by atoms with van der Waals surface area (Å²) >= 11 is 5.82. The summed E-state index contributed by atoms with van der Waals surface area (Å²) in [5.74, 6) is -0.543. The normalized spacial score (nSPS) is 10.9. The van der Waals surface area contributed by atoms with E-state index in [1.165, 1.54) is 4.57 Å². The fraction of sp³-hybridized carbons (Fsp3) is 0.0526. The van der Waals surface area contributed by atoms with E-state index in [1.54, 1.807) is 65.5 Å². The summed E-state index contributed by atoms with van der Waals surface area (Å²) in [5, 5.41) is 16.0. The van der Waals surface area contributed by atoms with Crippen LogP contribution in [0.15, 0.2) is 67.1 Å². The predicted octanol–water partition coefficient (Wildman–Crippen LogP) is 2.04. The van der Waals surface area contributed by atoms with Gasteiger partial charge in [0, 0.05) is 24.0 Å². The zero-order valence-corrected chi connectivity index (χ0v) is 14.8. The maximum absolute atomic E-state index is 13.0. The molecule has 0 fully saturated rings. The van der Waals surface area contributed by atoms with Crippen LogP contribution in [0.2, 0.25) is 5.15 Å². The van der Waals surface area contributed by atoms with Crippen LogP contribution in [-0.2, 0) is 6.54 Å². The molecule has 8 heteroatoms. The standard InChI is InChI=1S/C19H14ClN5O2/c20-14-8-7-13(11-22-14)12-25-16-6-2-4-10-24(16)17(19(25)27)18(26)23-15-5-1-3-9-21-15/h1-11H,12H2,(H-,21,23,26,27). The lowest BCUT2D eigenvalue weighted by Gasteiger charge is -2.07. The van der Waals surface area contributed by atoms with Crippen LogP contribution in [-0.4, -0.2) is 20.3 Å². The first kappa shape index (κ1) is 17.0. The van der Waals surface area contributed by atoms with E-state index < -0.39 is 11.8 Å². The number of hydrogen-bond donors (Lipinski definition) is 1. The van der Waals surface area contributed by atoms with E-state index in [4.69, 9.17) is 11.6 Å². The molecule has 4 rings (SSSR count). The maximum Gasteiger partial charge on any atom is 0.300 e. The second-order valence-corrected chi connectivity index (χ2v) is 6.21. The highest BCUT2D eigenvalue weighted by atomic mass is 35.5. The zero-order chi connectivity index (χ0) is 18.8. The fourth-order valence-corrected chi connectivity index (χ4v) is 2.94. The quantitative estimate of drug-likeness (QED) is 0.434. The molecular formula is C19H14ClN5O2. The first-order valence-corrected chi connectivity index (χ1v) is 8.54. The van der Waals surface area contributed by atoms with Gasteiger partial charge in [-0.3, -0.25) is 4.79 Å². The van der Waals surface area contributed by atoms with Crippen molar-refractivity contribution < 1.29 is 14.5 Å². The van der Waals surface area contributed by atoms with Crippen molar-refractivity contribution in [1.29, 1.82) is 0 Å². The summed E-state index contributed by atoms with van der Waals surface area (Å²) in [6.45, 7) is 0.271. The Hall–Kier alpha value is -3.45. The van der Waals surface area contributed by atoms with Gasteiger partial charge in [-0.05, 0) is 24.3 Å². The van der Waals surface area contributed by atoms with Crippen LogP contribution in [0.3, 0.4) is 0 Å². The predicted molar refractivity (Wildman–Crippen MR) is 97.6 cm³/mol. The maximum atomic E-state index is 13.0. The third-order valence-electron chi connectivity index (χ3n) is 4.05. The van der Waals surface area contributed by atoms with Crippen molar-refractivity contribution in [2.75, 3.05) is 5.32 Å². The molecule has 0 aliphatic carbocycles. The van der Waals surface area contributed by atoms with Crippen molar-refractivity contribution in [2.24, 2.45) is 0 Å². The molecular weight excluding hydrogens is 366 g/mol. The molecule has 0 radical (unpaired) electrons. The Balaban J connectivity index is 1.76. The highest BCUT2D eigenvalue weighted by molar-refractivity contribution is 6.29. The highest BCUT2D eigenvalue weighted by Gasteiger charge is 2.25. The number of halogens is 1. The van der Waals surface area contributed by atoms with Crippen LogP contribution in [0.25, 0.3) is 5.65 Å². The van der Waals surface area contributed by atoms with Gasteiger partial charge in [0.2, 0.25) is 5.69 Å². The monoisotopic (exact) mass is 379 g/mol. The Kier molecular flexibility index (Phi) is 4.43. The van der Waals surface area contributed by atoms with Gasteiger partial charge in [0.1, 0.15) is 23.4 Å². The number of carbonyl (C=O) groups excluding carboxylic acids is 1. The molecule has 4 aromatic rings. The number of aromatic nitrogens is 4. The molecule has 4 aromatic heterocycles. The van der Waals surface area contributed by atoms with Crippen molar-refractivity contribution in [1.82, 2.24) is 14.4 Å². The molecule has 0 aliphatic rings. The van der Waals surface area contributed by atoms with E-state index in [0.717, 1.165) is 5.56 Å². The third-order valence-corrected chi connectivity index (χ3v) is 4.28. The van der Waals surface area contributed by atoms with Crippen LogP contribution in [0, 0.1) is 0 Å². The van der Waals surface area contributed by atoms with Gasteiger partial charge in [-0.1, -0.05) is 29.8 Å². The lowest BCUT2D eigenvalue weighted by atomic mass is 10.3. The van der Waals surface area contributed by atoms with Crippen LogP contribution in [0.5, 0.6) is 5.88 Å². The number of carbonyl (C=O) groups is 1. The average Bonchev–Trinajstić information content (AvgIpc) is 2.96. The number of imidazole rings is 1. The Bertz CT molecular complexity index is 1110. The Morgan fingerprint density at radius 2 is 2.00 bits per heavy atom. The smallest absolute Gasteiger partial charge is 0.300 e. The molecule has 1 N–H and O–H groups in total. The molecule has 0 aromatic carbocycles. The number of hydrogen-bond acceptors (Lipinski definition) is 4. The molecule has 0 atom stereocenters. The van der Waals surface area contributed by atoms with Gasteiger partial charge >= 0.3 is 0 Å². The topological polar surface area (TPSA) is 86.2 Å². The summed E-state index contributed by atoms with van der Waals surface area (Å²) in [6, 6.07) is 14.0. The van der Waals surface area contributed by atoms with E-state index >= 15 is 0 Å². The Morgan fingerprint density at radius 3 is 2.74 bits per heavy atom. The van der Waals surface area contributed by atoms with E-state index in [2.05, 4.69) is 15.3 Å². The molecule has 0 aliphatic heterocycles. The third kappa shape index (κ3) is 3.32. The van der Waals surface area contributed by atoms with Gasteiger partial charge in [0.15, 0.2) is 0 Å². The van der Waals surface area contributed by atoms with Crippen LogP contribution >= 0.6 is 11.6 Å². The van der Waals surface area contributed by atoms with E-state index in [9.17, 15) is 9.90 Å². The minimum atomic E-state index is -0.520. The first-order chi connectivity index (χ1) is 13.1. The van der Waals surface area contributed by atoms with Crippen LogP contribution in [0.1, 0.15) is 16.1 Å². The first-order valence-electron chi connectivity index (χ1n) is 8.16. The number of pyridine rings is 3. The fourth-order valence-electron chi connectivity index (χ4n) is 2.83. The number of rotatable bonds is 4. The molecule has 4 heterocycles. The SMILES string of the molecule is O=C(Nc1ccccn1)c1c([O-])[n+](Cc2ccc(Cl)nc2)c2ccccn12. The minimum absolute atomic E-state index is 0.0122. The van der Waals surface area contributed by atoms with Crippen molar-refractivity contribution >= 4 is 29.0 Å². The number of nitrogens with one attached hydrogen (secondary N) is 1. The summed E-state index contributed by atoms with van der Waals surface area (Å²) in [6.07, 6.45) is 4.85. The molecule has 0 saturated heterocycles. The van der Waals surface area contributed by atoms with Gasteiger partial charge in [-0.2, -0.15) is 4.40 Å². The van der Waals surface area contributed by atoms with Crippen molar-refractivity contribution in [3.8, 4) is 5.88 Å². The Labute approximate surface area is 159 Å². The second-order valence-electron chi connectivity index (χ2n) is 5.83. The molecule has 0 spiro atoms. The van der Waals surface area contributed by atoms with Crippen molar-refractivity contribution in [3.63, 3.8) is 0 Å². The number of anilines is 1. The van der Waals surface area contributed by atoms with E-state index in [-0.39, 0.29) is 12.2 Å². The van der Waals surface area contributed by atoms with Crippen LogP contribution in [0.4, 0.5) is 5.82 Å². The number of fused-ring (bicyclic) bond motifs is 1. The number of nitrogens with zero attached hydrogens (tertiary/aromatic N) is 4. The molecule has 27 heavy (non-hydrogen) atoms. The van der Waals surface area contributed by atoms with Gasteiger partial charge in [0.25, 0.3) is 11.6 Å². The van der Waals surface area contributed by atoms with Crippen LogP contribution < -0.4 is 15.0 Å². The van der Waals surface area contributed by atoms with Gasteiger partial charge in [-0.15, -0.1) is 0 Å². The zero-order valence-electron chi connectivity index (χ0n) is 14.0. The minimum Gasteiger partial charge on any atom is -0.839 e. The summed E-state index contributed by atoms with van der Waals surface area (Å²) in [4.78, 5) is 20.8. The molecule has 0 bridgehead atoms. The van der Waals surface area contributed by atoms with E-state index in [0.29, 0.717) is 16.6 Å².